The van der Waals surface area contributed by atoms with Gasteiger partial charge in [-0.15, -0.1) is 0 Å². The molecule has 0 radical (unpaired) electrons. The number of fused-ring (bicyclic) bond motifs is 1. The minimum atomic E-state index is -0.840. The highest BCUT2D eigenvalue weighted by Crippen LogP contribution is 2.46. The summed E-state index contributed by atoms with van der Waals surface area (Å²) in [4.78, 5) is 54.2. The standard InChI is InChI=1S/C29H25N3O7/c1-31(27(34)18-9-5-3-6-10-18)14-13-19-15-23-25(39-17-38-23)24(37-2)21(19)16-22-26(33)30-29(36)32(28(22)35)20-11-7-4-8-12-20/h3-12,15-16H,13-14,17H2,1-2H3,(H,30,33,36). The zero-order valence-electron chi connectivity index (χ0n) is 21.3. The van der Waals surface area contributed by atoms with Gasteiger partial charge in [0.25, 0.3) is 17.7 Å². The van der Waals surface area contributed by atoms with Crippen LogP contribution in [-0.4, -0.2) is 56.1 Å². The van der Waals surface area contributed by atoms with E-state index in [1.807, 2.05) is 6.07 Å². The average molecular weight is 528 g/mol. The van der Waals surface area contributed by atoms with Crippen LogP contribution in [0.25, 0.3) is 6.08 Å². The van der Waals surface area contributed by atoms with E-state index in [1.165, 1.54) is 13.2 Å². The van der Waals surface area contributed by atoms with Gasteiger partial charge in [-0.05, 0) is 48.4 Å². The molecule has 5 rings (SSSR count). The summed E-state index contributed by atoms with van der Waals surface area (Å²) in [7, 11) is 3.13. The summed E-state index contributed by atoms with van der Waals surface area (Å²) in [6, 6.07) is 18.1. The molecule has 0 saturated carbocycles. The van der Waals surface area contributed by atoms with Crippen molar-refractivity contribution >= 4 is 35.5 Å². The van der Waals surface area contributed by atoms with E-state index in [9.17, 15) is 19.2 Å². The quantitative estimate of drug-likeness (QED) is 0.370. The van der Waals surface area contributed by atoms with E-state index in [2.05, 4.69) is 5.32 Å². The molecular weight excluding hydrogens is 502 g/mol. The molecule has 0 unspecified atom stereocenters. The van der Waals surface area contributed by atoms with Gasteiger partial charge in [-0.2, -0.15) is 0 Å². The van der Waals surface area contributed by atoms with Crippen LogP contribution >= 0.6 is 0 Å². The van der Waals surface area contributed by atoms with Crippen LogP contribution in [0.1, 0.15) is 21.5 Å². The number of para-hydroxylation sites is 1. The van der Waals surface area contributed by atoms with Crippen LogP contribution in [0, 0.1) is 0 Å². The van der Waals surface area contributed by atoms with Crippen molar-refractivity contribution in [2.24, 2.45) is 0 Å². The van der Waals surface area contributed by atoms with Crippen molar-refractivity contribution in [3.8, 4) is 17.2 Å². The minimum Gasteiger partial charge on any atom is -0.492 e. The van der Waals surface area contributed by atoms with Gasteiger partial charge >= 0.3 is 6.03 Å². The maximum Gasteiger partial charge on any atom is 0.335 e. The van der Waals surface area contributed by atoms with E-state index in [1.54, 1.807) is 72.6 Å². The predicted molar refractivity (Wildman–Crippen MR) is 142 cm³/mol. The van der Waals surface area contributed by atoms with Crippen LogP contribution < -0.4 is 24.4 Å². The van der Waals surface area contributed by atoms with Gasteiger partial charge in [0.1, 0.15) is 5.57 Å². The molecule has 2 aliphatic heterocycles. The number of barbiturate groups is 1. The molecule has 5 amide bonds. The molecule has 2 aliphatic rings. The zero-order chi connectivity index (χ0) is 27.5. The SMILES string of the molecule is COc1c(C=C2C(=O)NC(=O)N(c3ccccc3)C2=O)c(CCN(C)C(=O)c2ccccc2)cc2c1OCO2. The fourth-order valence-corrected chi connectivity index (χ4v) is 4.45. The first-order chi connectivity index (χ1) is 18.9. The molecule has 0 spiro atoms. The summed E-state index contributed by atoms with van der Waals surface area (Å²) in [6.45, 7) is 0.300. The summed E-state index contributed by atoms with van der Waals surface area (Å²) in [6.07, 6.45) is 1.73. The second-order valence-electron chi connectivity index (χ2n) is 8.85. The van der Waals surface area contributed by atoms with Crippen LogP contribution in [0.15, 0.2) is 72.3 Å². The number of nitrogens with one attached hydrogen (secondary N) is 1. The number of ether oxygens (including phenoxy) is 3. The van der Waals surface area contributed by atoms with E-state index in [0.29, 0.717) is 46.8 Å². The van der Waals surface area contributed by atoms with Gasteiger partial charge in [0.05, 0.1) is 12.8 Å². The highest BCUT2D eigenvalue weighted by Gasteiger charge is 2.37. The first-order valence-corrected chi connectivity index (χ1v) is 12.2. The molecule has 2 heterocycles. The third-order valence-corrected chi connectivity index (χ3v) is 6.44. The number of imide groups is 2. The molecular formula is C29H25N3O7. The third-order valence-electron chi connectivity index (χ3n) is 6.44. The molecule has 10 heteroatoms. The lowest BCUT2D eigenvalue weighted by Gasteiger charge is -2.26. The largest absolute Gasteiger partial charge is 0.492 e. The number of nitrogens with zero attached hydrogens (tertiary/aromatic N) is 2. The number of urea groups is 1. The number of hydrogen-bond donors (Lipinski definition) is 1. The van der Waals surface area contributed by atoms with Crippen LogP contribution in [0.5, 0.6) is 17.2 Å². The van der Waals surface area contributed by atoms with Gasteiger partial charge in [-0.1, -0.05) is 36.4 Å². The van der Waals surface area contributed by atoms with E-state index in [0.717, 1.165) is 4.90 Å². The summed E-state index contributed by atoms with van der Waals surface area (Å²) in [5.41, 5.74) is 1.67. The smallest absolute Gasteiger partial charge is 0.335 e. The first-order valence-electron chi connectivity index (χ1n) is 12.2. The molecule has 39 heavy (non-hydrogen) atoms. The second-order valence-corrected chi connectivity index (χ2v) is 8.85. The Hall–Kier alpha value is -5.12. The Morgan fingerprint density at radius 3 is 2.44 bits per heavy atom. The fraction of sp³-hybridized carbons (Fsp3) is 0.172. The van der Waals surface area contributed by atoms with Gasteiger partial charge in [0.2, 0.25) is 12.5 Å². The van der Waals surface area contributed by atoms with Crippen molar-refractivity contribution in [1.29, 1.82) is 0 Å². The Morgan fingerprint density at radius 1 is 1.05 bits per heavy atom. The Morgan fingerprint density at radius 2 is 1.74 bits per heavy atom. The monoisotopic (exact) mass is 527 g/mol. The Labute approximate surface area is 224 Å². The van der Waals surface area contributed by atoms with Gasteiger partial charge in [0.15, 0.2) is 11.5 Å². The van der Waals surface area contributed by atoms with Gasteiger partial charge in [-0.3, -0.25) is 19.7 Å². The van der Waals surface area contributed by atoms with Crippen LogP contribution in [0.2, 0.25) is 0 Å². The van der Waals surface area contributed by atoms with E-state index < -0.39 is 17.8 Å². The normalized spacial score (nSPS) is 15.4. The van der Waals surface area contributed by atoms with Crippen molar-refractivity contribution in [3.63, 3.8) is 0 Å². The minimum absolute atomic E-state index is 0.0206. The number of anilines is 1. The lowest BCUT2D eigenvalue weighted by Crippen LogP contribution is -2.54. The average Bonchev–Trinajstić information content (AvgIpc) is 3.42. The van der Waals surface area contributed by atoms with Crippen LogP contribution in [-0.2, 0) is 16.0 Å². The summed E-state index contributed by atoms with van der Waals surface area (Å²) in [5, 5.41) is 2.23. The Balaban J connectivity index is 1.52. The molecule has 3 aromatic carbocycles. The summed E-state index contributed by atoms with van der Waals surface area (Å²) < 4.78 is 16.8. The lowest BCUT2D eigenvalue weighted by molar-refractivity contribution is -0.122. The maximum atomic E-state index is 13.4. The number of methoxy groups -OCH3 is 1. The van der Waals surface area contributed by atoms with E-state index in [4.69, 9.17) is 14.2 Å². The van der Waals surface area contributed by atoms with Gasteiger partial charge in [-0.25, -0.2) is 9.69 Å². The molecule has 0 aromatic heterocycles. The third kappa shape index (κ3) is 4.91. The van der Waals surface area contributed by atoms with Crippen molar-refractivity contribution in [1.82, 2.24) is 10.2 Å². The van der Waals surface area contributed by atoms with Gasteiger partial charge in [0, 0.05) is 24.7 Å². The maximum absolute atomic E-state index is 13.4. The lowest BCUT2D eigenvalue weighted by atomic mass is 9.97. The van der Waals surface area contributed by atoms with E-state index >= 15 is 0 Å². The van der Waals surface area contributed by atoms with Crippen LogP contribution in [0.3, 0.4) is 0 Å². The van der Waals surface area contributed by atoms with Crippen molar-refractivity contribution in [2.75, 3.05) is 32.4 Å². The molecule has 198 valence electrons. The molecule has 1 fully saturated rings. The number of carbonyl (C=O) groups excluding carboxylic acids is 4. The Kier molecular flexibility index (Phi) is 7.00. The van der Waals surface area contributed by atoms with Gasteiger partial charge < -0.3 is 19.1 Å². The van der Waals surface area contributed by atoms with Crippen molar-refractivity contribution < 1.29 is 33.4 Å². The number of likely N-dealkylation sites (N-methyl/N-ethyl adjacent to an activating group) is 1. The molecule has 0 aliphatic carbocycles. The van der Waals surface area contributed by atoms with Crippen molar-refractivity contribution in [2.45, 2.75) is 6.42 Å². The highest BCUT2D eigenvalue weighted by molar-refractivity contribution is 6.39. The number of rotatable bonds is 7. The number of amides is 5. The van der Waals surface area contributed by atoms with Crippen molar-refractivity contribution in [3.05, 3.63) is 89.0 Å². The predicted octanol–water partition coefficient (Wildman–Crippen LogP) is 3.41. The molecule has 0 atom stereocenters. The summed E-state index contributed by atoms with van der Waals surface area (Å²) in [5.74, 6) is -0.713. The van der Waals surface area contributed by atoms with E-state index in [-0.39, 0.29) is 24.0 Å². The topological polar surface area (TPSA) is 114 Å². The number of benzene rings is 3. The first kappa shape index (κ1) is 25.5. The Bertz CT molecular complexity index is 1490. The number of hydrogen-bond acceptors (Lipinski definition) is 7. The number of carbonyl (C=O) groups is 4. The molecule has 3 aromatic rings. The molecule has 1 N–H and O–H groups in total. The summed E-state index contributed by atoms with van der Waals surface area (Å²) >= 11 is 0. The second kappa shape index (κ2) is 10.7. The molecule has 1 saturated heterocycles. The highest BCUT2D eigenvalue weighted by atomic mass is 16.7. The van der Waals surface area contributed by atoms with Crippen LogP contribution in [0.4, 0.5) is 10.5 Å². The zero-order valence-corrected chi connectivity index (χ0v) is 21.3. The molecule has 0 bridgehead atoms. The fourth-order valence-electron chi connectivity index (χ4n) is 4.45. The molecule has 10 nitrogen and oxygen atoms in total.